The molecule has 1 heterocycles. The Kier molecular flexibility index (Phi) is 5.14. The number of nitrogens with zero attached hydrogens (tertiary/aromatic N) is 2. The lowest BCUT2D eigenvalue weighted by Crippen LogP contribution is -2.22. The fraction of sp³-hybridized carbons (Fsp3) is 0.0435. The molecule has 0 atom stereocenters. The van der Waals surface area contributed by atoms with Gasteiger partial charge in [0.2, 0.25) is 0 Å². The van der Waals surface area contributed by atoms with E-state index >= 15 is 0 Å². The Labute approximate surface area is 171 Å². The van der Waals surface area contributed by atoms with Crippen LogP contribution in [-0.4, -0.2) is 16.7 Å². The summed E-state index contributed by atoms with van der Waals surface area (Å²) in [4.78, 5) is 17.9. The van der Waals surface area contributed by atoms with E-state index in [1.807, 2.05) is 6.07 Å². The van der Waals surface area contributed by atoms with Crippen LogP contribution in [0.4, 0.5) is 4.39 Å². The summed E-state index contributed by atoms with van der Waals surface area (Å²) in [7, 11) is 1.51. The number of benzene rings is 3. The minimum absolute atomic E-state index is 0.274. The van der Waals surface area contributed by atoms with Gasteiger partial charge < -0.3 is 4.74 Å². The molecule has 0 fully saturated rings. The highest BCUT2D eigenvalue weighted by Gasteiger charge is 2.15. The second kappa shape index (κ2) is 7.89. The van der Waals surface area contributed by atoms with Crippen molar-refractivity contribution >= 4 is 34.7 Å². The van der Waals surface area contributed by atoms with Gasteiger partial charge in [0, 0.05) is 10.6 Å². The Hall–Kier alpha value is -3.44. The SMILES string of the molecule is COc1ccc(Cl)cc1-n1c(/C=C\c2ccccc2F)nc2ccccc2c1=O. The molecule has 6 heteroatoms. The monoisotopic (exact) mass is 406 g/mol. The van der Waals surface area contributed by atoms with Crippen molar-refractivity contribution in [2.75, 3.05) is 7.11 Å². The van der Waals surface area contributed by atoms with Crippen LogP contribution in [0.5, 0.6) is 5.75 Å². The predicted octanol–water partition coefficient (Wildman–Crippen LogP) is 5.36. The lowest BCUT2D eigenvalue weighted by atomic mass is 10.2. The van der Waals surface area contributed by atoms with Gasteiger partial charge in [-0.1, -0.05) is 41.9 Å². The number of hydrogen-bond acceptors (Lipinski definition) is 3. The number of hydrogen-bond donors (Lipinski definition) is 0. The van der Waals surface area contributed by atoms with Crippen LogP contribution < -0.4 is 10.3 Å². The molecular weight excluding hydrogens is 391 g/mol. The molecule has 4 rings (SSSR count). The molecular formula is C23H16ClFN2O2. The molecule has 4 aromatic rings. The van der Waals surface area contributed by atoms with Crippen LogP contribution in [-0.2, 0) is 0 Å². The van der Waals surface area contributed by atoms with Crippen LogP contribution in [0.15, 0.2) is 71.5 Å². The van der Waals surface area contributed by atoms with Gasteiger partial charge in [0.05, 0.1) is 23.7 Å². The van der Waals surface area contributed by atoms with Gasteiger partial charge in [0.1, 0.15) is 17.4 Å². The van der Waals surface area contributed by atoms with Crippen LogP contribution >= 0.6 is 11.6 Å². The highest BCUT2D eigenvalue weighted by atomic mass is 35.5. The van der Waals surface area contributed by atoms with E-state index in [4.69, 9.17) is 16.3 Å². The third kappa shape index (κ3) is 3.65. The molecule has 144 valence electrons. The first kappa shape index (κ1) is 18.9. The van der Waals surface area contributed by atoms with Crippen molar-refractivity contribution in [1.29, 1.82) is 0 Å². The highest BCUT2D eigenvalue weighted by Crippen LogP contribution is 2.27. The lowest BCUT2D eigenvalue weighted by Gasteiger charge is -2.15. The molecule has 0 N–H and O–H groups in total. The minimum Gasteiger partial charge on any atom is -0.495 e. The van der Waals surface area contributed by atoms with E-state index in [1.54, 1.807) is 66.7 Å². The molecule has 0 radical (unpaired) electrons. The fourth-order valence-corrected chi connectivity index (χ4v) is 3.27. The van der Waals surface area contributed by atoms with Crippen molar-refractivity contribution in [3.05, 3.63) is 99.3 Å². The second-order valence-corrected chi connectivity index (χ2v) is 6.74. The standard InChI is InChI=1S/C23H16ClFN2O2/c1-29-21-12-11-16(24)14-20(21)27-22(13-10-15-6-2-4-8-18(15)25)26-19-9-5-3-7-17(19)23(27)28/h2-14H,1H3/b13-10-. The molecule has 0 amide bonds. The summed E-state index contributed by atoms with van der Waals surface area (Å²) in [6.07, 6.45) is 3.19. The van der Waals surface area contributed by atoms with E-state index in [-0.39, 0.29) is 11.4 Å². The molecule has 0 saturated carbocycles. The van der Waals surface area contributed by atoms with Crippen molar-refractivity contribution in [3.63, 3.8) is 0 Å². The highest BCUT2D eigenvalue weighted by molar-refractivity contribution is 6.30. The van der Waals surface area contributed by atoms with Gasteiger partial charge in [-0.25, -0.2) is 9.37 Å². The molecule has 0 saturated heterocycles. The molecule has 0 unspecified atom stereocenters. The smallest absolute Gasteiger partial charge is 0.266 e. The van der Waals surface area contributed by atoms with Crippen molar-refractivity contribution in [1.82, 2.24) is 9.55 Å². The van der Waals surface area contributed by atoms with Gasteiger partial charge in [0.15, 0.2) is 0 Å². The third-order valence-electron chi connectivity index (χ3n) is 4.50. The summed E-state index contributed by atoms with van der Waals surface area (Å²) < 4.78 is 20.9. The number of para-hydroxylation sites is 1. The molecule has 0 aliphatic heterocycles. The van der Waals surface area contributed by atoms with Gasteiger partial charge >= 0.3 is 0 Å². The number of halogens is 2. The number of fused-ring (bicyclic) bond motifs is 1. The molecule has 1 aromatic heterocycles. The summed E-state index contributed by atoms with van der Waals surface area (Å²) in [6.45, 7) is 0. The summed E-state index contributed by atoms with van der Waals surface area (Å²) >= 11 is 6.18. The Morgan fingerprint density at radius 2 is 1.79 bits per heavy atom. The Morgan fingerprint density at radius 1 is 1.03 bits per heavy atom. The van der Waals surface area contributed by atoms with Crippen molar-refractivity contribution < 1.29 is 9.13 Å². The summed E-state index contributed by atoms with van der Waals surface area (Å²) in [6, 6.07) is 18.4. The zero-order chi connectivity index (χ0) is 20.4. The first-order valence-corrected chi connectivity index (χ1v) is 9.24. The lowest BCUT2D eigenvalue weighted by molar-refractivity contribution is 0.412. The zero-order valence-electron chi connectivity index (χ0n) is 15.5. The average Bonchev–Trinajstić information content (AvgIpc) is 2.73. The summed E-state index contributed by atoms with van der Waals surface area (Å²) in [5, 5.41) is 0.905. The number of ether oxygens (including phenoxy) is 1. The van der Waals surface area contributed by atoms with Crippen LogP contribution in [0.25, 0.3) is 28.7 Å². The van der Waals surface area contributed by atoms with Crippen molar-refractivity contribution in [2.24, 2.45) is 0 Å². The molecule has 29 heavy (non-hydrogen) atoms. The molecule has 0 spiro atoms. The van der Waals surface area contributed by atoms with E-state index in [9.17, 15) is 9.18 Å². The maximum Gasteiger partial charge on any atom is 0.266 e. The molecule has 0 bridgehead atoms. The first-order valence-electron chi connectivity index (χ1n) is 8.87. The zero-order valence-corrected chi connectivity index (χ0v) is 16.2. The van der Waals surface area contributed by atoms with Crippen molar-refractivity contribution in [3.8, 4) is 11.4 Å². The first-order chi connectivity index (χ1) is 14.1. The number of methoxy groups -OCH3 is 1. The fourth-order valence-electron chi connectivity index (χ4n) is 3.11. The predicted molar refractivity (Wildman–Crippen MR) is 114 cm³/mol. The molecule has 3 aromatic carbocycles. The van der Waals surface area contributed by atoms with E-state index in [0.29, 0.717) is 38.8 Å². The van der Waals surface area contributed by atoms with Gasteiger partial charge in [0.25, 0.3) is 5.56 Å². The number of rotatable bonds is 4. The van der Waals surface area contributed by atoms with Crippen LogP contribution in [0.1, 0.15) is 11.4 Å². The van der Waals surface area contributed by atoms with E-state index in [1.165, 1.54) is 17.7 Å². The van der Waals surface area contributed by atoms with Crippen molar-refractivity contribution in [2.45, 2.75) is 0 Å². The van der Waals surface area contributed by atoms with E-state index in [0.717, 1.165) is 0 Å². The Balaban J connectivity index is 2.01. The topological polar surface area (TPSA) is 44.1 Å². The molecule has 0 aliphatic rings. The second-order valence-electron chi connectivity index (χ2n) is 6.30. The Morgan fingerprint density at radius 3 is 2.59 bits per heavy atom. The van der Waals surface area contributed by atoms with Gasteiger partial charge in [-0.2, -0.15) is 0 Å². The van der Waals surface area contributed by atoms with Crippen LogP contribution in [0.3, 0.4) is 0 Å². The van der Waals surface area contributed by atoms with E-state index < -0.39 is 0 Å². The average molecular weight is 407 g/mol. The molecule has 4 nitrogen and oxygen atoms in total. The third-order valence-corrected chi connectivity index (χ3v) is 4.74. The van der Waals surface area contributed by atoms with Crippen LogP contribution in [0.2, 0.25) is 5.02 Å². The van der Waals surface area contributed by atoms with Gasteiger partial charge in [-0.05, 0) is 48.6 Å². The Bertz CT molecular complexity index is 1300. The summed E-state index contributed by atoms with van der Waals surface area (Å²) in [5.74, 6) is 0.436. The summed E-state index contributed by atoms with van der Waals surface area (Å²) in [5.41, 5.74) is 1.11. The molecule has 0 aliphatic carbocycles. The normalized spacial score (nSPS) is 11.3. The number of aromatic nitrogens is 2. The quantitative estimate of drug-likeness (QED) is 0.458. The largest absolute Gasteiger partial charge is 0.495 e. The van der Waals surface area contributed by atoms with Crippen LogP contribution in [0, 0.1) is 5.82 Å². The maximum absolute atomic E-state index is 14.0. The van der Waals surface area contributed by atoms with Gasteiger partial charge in [-0.15, -0.1) is 0 Å². The van der Waals surface area contributed by atoms with E-state index in [2.05, 4.69) is 4.98 Å². The maximum atomic E-state index is 14.0. The minimum atomic E-state index is -0.362. The van der Waals surface area contributed by atoms with Gasteiger partial charge in [-0.3, -0.25) is 9.36 Å².